The first kappa shape index (κ1) is 16.7. The number of thioether (sulfide) groups is 1. The number of nitrogens with one attached hydrogen (secondary N) is 2. The molecule has 2 N–H and O–H groups in total. The van der Waals surface area contributed by atoms with E-state index in [0.29, 0.717) is 12.6 Å². The molecule has 2 rings (SSSR count). The quantitative estimate of drug-likeness (QED) is 0.765. The third-order valence-corrected chi connectivity index (χ3v) is 5.83. The average Bonchev–Trinajstić information content (AvgIpc) is 3.28. The van der Waals surface area contributed by atoms with Crippen molar-refractivity contribution in [3.63, 3.8) is 0 Å². The van der Waals surface area contributed by atoms with Gasteiger partial charge in [-0.3, -0.25) is 0 Å². The largest absolute Gasteiger partial charge is 0.310 e. The first-order chi connectivity index (χ1) is 9.92. The fourth-order valence-electron chi connectivity index (χ4n) is 1.80. The van der Waals surface area contributed by atoms with Gasteiger partial charge < -0.3 is 5.32 Å². The second-order valence-corrected chi connectivity index (χ2v) is 8.33. The van der Waals surface area contributed by atoms with Gasteiger partial charge in [-0.15, -0.1) is 0 Å². The van der Waals surface area contributed by atoms with Gasteiger partial charge in [-0.2, -0.15) is 11.8 Å². The molecule has 0 saturated heterocycles. The summed E-state index contributed by atoms with van der Waals surface area (Å²) < 4.78 is 40.7. The molecule has 1 aromatic rings. The second kappa shape index (κ2) is 7.09. The van der Waals surface area contributed by atoms with E-state index in [1.165, 1.54) is 12.1 Å². The van der Waals surface area contributed by atoms with Gasteiger partial charge in [0.2, 0.25) is 10.0 Å². The van der Waals surface area contributed by atoms with Crippen LogP contribution in [0.1, 0.15) is 25.3 Å². The van der Waals surface area contributed by atoms with Crippen LogP contribution in [0.3, 0.4) is 0 Å². The van der Waals surface area contributed by atoms with Gasteiger partial charge >= 0.3 is 0 Å². The van der Waals surface area contributed by atoms with Crippen molar-refractivity contribution < 1.29 is 12.8 Å². The molecule has 1 aliphatic rings. The van der Waals surface area contributed by atoms with Crippen LogP contribution in [0.25, 0.3) is 0 Å². The Morgan fingerprint density at radius 3 is 2.76 bits per heavy atom. The van der Waals surface area contributed by atoms with E-state index < -0.39 is 15.8 Å². The van der Waals surface area contributed by atoms with Crippen LogP contribution in [0.2, 0.25) is 0 Å². The van der Waals surface area contributed by atoms with Crippen molar-refractivity contribution in [2.24, 2.45) is 0 Å². The fraction of sp³-hybridized carbons (Fsp3) is 0.571. The monoisotopic (exact) mass is 332 g/mol. The van der Waals surface area contributed by atoms with Gasteiger partial charge in [-0.05, 0) is 36.8 Å². The number of benzene rings is 1. The molecule has 4 nitrogen and oxygen atoms in total. The lowest BCUT2D eigenvalue weighted by Gasteiger charge is -2.12. The van der Waals surface area contributed by atoms with E-state index in [-0.39, 0.29) is 16.7 Å². The first-order valence-electron chi connectivity index (χ1n) is 6.96. The van der Waals surface area contributed by atoms with Gasteiger partial charge in [0.15, 0.2) is 0 Å². The van der Waals surface area contributed by atoms with E-state index in [2.05, 4.69) is 10.0 Å². The molecule has 0 aliphatic heterocycles. The second-order valence-electron chi connectivity index (χ2n) is 5.32. The molecule has 1 fully saturated rings. The molecule has 1 unspecified atom stereocenters. The van der Waals surface area contributed by atoms with Crippen molar-refractivity contribution >= 4 is 21.8 Å². The van der Waals surface area contributed by atoms with Gasteiger partial charge in [-0.25, -0.2) is 17.5 Å². The maximum Gasteiger partial charge on any atom is 0.243 e. The van der Waals surface area contributed by atoms with Crippen LogP contribution in [0.4, 0.5) is 4.39 Å². The number of hydrogen-bond acceptors (Lipinski definition) is 4. The van der Waals surface area contributed by atoms with Crippen LogP contribution in [-0.2, 0) is 16.6 Å². The van der Waals surface area contributed by atoms with Crippen molar-refractivity contribution in [1.82, 2.24) is 10.0 Å². The highest BCUT2D eigenvalue weighted by Crippen LogP contribution is 2.21. The molecule has 21 heavy (non-hydrogen) atoms. The summed E-state index contributed by atoms with van der Waals surface area (Å²) in [5, 5.41) is 3.43. The molecule has 1 saturated carbocycles. The summed E-state index contributed by atoms with van der Waals surface area (Å²) in [5.41, 5.74) is 0.779. The zero-order chi connectivity index (χ0) is 15.5. The maximum absolute atomic E-state index is 13.8. The van der Waals surface area contributed by atoms with Gasteiger partial charge in [0.25, 0.3) is 0 Å². The third-order valence-electron chi connectivity index (χ3n) is 3.42. The van der Waals surface area contributed by atoms with Crippen molar-refractivity contribution in [1.29, 1.82) is 0 Å². The zero-order valence-electron chi connectivity index (χ0n) is 12.2. The van der Waals surface area contributed by atoms with E-state index in [1.54, 1.807) is 17.8 Å². The lowest BCUT2D eigenvalue weighted by atomic mass is 10.2. The van der Waals surface area contributed by atoms with Crippen LogP contribution in [0.15, 0.2) is 23.1 Å². The Hall–Kier alpha value is -0.630. The predicted molar refractivity (Wildman–Crippen MR) is 84.4 cm³/mol. The van der Waals surface area contributed by atoms with E-state index in [1.807, 2.05) is 13.2 Å². The lowest BCUT2D eigenvalue weighted by molar-refractivity contribution is 0.555. The highest BCUT2D eigenvalue weighted by Gasteiger charge is 2.22. The first-order valence-corrected chi connectivity index (χ1v) is 9.74. The van der Waals surface area contributed by atoms with Crippen LogP contribution < -0.4 is 10.0 Å². The summed E-state index contributed by atoms with van der Waals surface area (Å²) >= 11 is 1.56. The minimum atomic E-state index is -3.81. The number of sulfonamides is 1. The number of hydrogen-bond donors (Lipinski definition) is 2. The molecule has 0 aromatic heterocycles. The summed E-state index contributed by atoms with van der Waals surface area (Å²) in [4.78, 5) is -0.272. The molecule has 0 amide bonds. The summed E-state index contributed by atoms with van der Waals surface area (Å²) in [6.45, 7) is 2.77. The van der Waals surface area contributed by atoms with Crippen LogP contribution >= 0.6 is 11.8 Å². The number of rotatable bonds is 8. The number of halogens is 1. The lowest BCUT2D eigenvalue weighted by Crippen LogP contribution is -2.30. The Labute approximate surface area is 129 Å². The van der Waals surface area contributed by atoms with E-state index in [9.17, 15) is 12.8 Å². The Morgan fingerprint density at radius 1 is 1.43 bits per heavy atom. The van der Waals surface area contributed by atoms with Gasteiger partial charge in [0.05, 0.1) is 0 Å². The molecule has 118 valence electrons. The van der Waals surface area contributed by atoms with Gasteiger partial charge in [0, 0.05) is 24.4 Å². The highest BCUT2D eigenvalue weighted by molar-refractivity contribution is 7.99. The van der Waals surface area contributed by atoms with Crippen LogP contribution in [-0.4, -0.2) is 32.5 Å². The maximum atomic E-state index is 13.8. The highest BCUT2D eigenvalue weighted by atomic mass is 32.2. The van der Waals surface area contributed by atoms with Crippen LogP contribution in [0.5, 0.6) is 0 Å². The fourth-order valence-corrected chi connectivity index (χ4v) is 3.41. The molecule has 7 heteroatoms. The molecular weight excluding hydrogens is 311 g/mol. The summed E-state index contributed by atoms with van der Waals surface area (Å²) in [5.74, 6) is -0.713. The minimum absolute atomic E-state index is 0.141. The van der Waals surface area contributed by atoms with Gasteiger partial charge in [0.1, 0.15) is 10.7 Å². The van der Waals surface area contributed by atoms with Crippen LogP contribution in [0, 0.1) is 5.82 Å². The molecular formula is C14H21FN2O2S2. The molecule has 1 atom stereocenters. The molecule has 0 radical (unpaired) electrons. The SMILES string of the molecule is CSC(C)CNS(=O)(=O)c1cc(CNC2CC2)ccc1F. The Morgan fingerprint density at radius 2 is 2.14 bits per heavy atom. The van der Waals surface area contributed by atoms with E-state index >= 15 is 0 Å². The van der Waals surface area contributed by atoms with E-state index in [0.717, 1.165) is 18.4 Å². The van der Waals surface area contributed by atoms with Crippen molar-refractivity contribution in [3.8, 4) is 0 Å². The minimum Gasteiger partial charge on any atom is -0.310 e. The molecule has 0 bridgehead atoms. The standard InChI is InChI=1S/C14H21FN2O2S2/c1-10(20-2)8-17-21(18,19)14-7-11(3-6-13(14)15)9-16-12-4-5-12/h3,6-7,10,12,16-17H,4-5,8-9H2,1-2H3. The Bertz CT molecular complexity index is 589. The normalized spacial score (nSPS) is 16.9. The molecule has 0 spiro atoms. The third kappa shape index (κ3) is 4.95. The molecule has 1 aliphatic carbocycles. The summed E-state index contributed by atoms with van der Waals surface area (Å²) in [6, 6.07) is 4.78. The van der Waals surface area contributed by atoms with Crippen molar-refractivity contribution in [2.75, 3.05) is 12.8 Å². The van der Waals surface area contributed by atoms with Gasteiger partial charge in [-0.1, -0.05) is 13.0 Å². The topological polar surface area (TPSA) is 58.2 Å². The van der Waals surface area contributed by atoms with Crippen molar-refractivity contribution in [3.05, 3.63) is 29.6 Å². The Kier molecular flexibility index (Phi) is 5.65. The zero-order valence-corrected chi connectivity index (χ0v) is 13.9. The summed E-state index contributed by atoms with van der Waals surface area (Å²) in [6.07, 6.45) is 4.21. The molecule has 0 heterocycles. The Balaban J connectivity index is 2.10. The smallest absolute Gasteiger partial charge is 0.243 e. The van der Waals surface area contributed by atoms with Crippen molar-refractivity contribution in [2.45, 2.75) is 42.5 Å². The molecule has 1 aromatic carbocycles. The average molecular weight is 332 g/mol. The van der Waals surface area contributed by atoms with E-state index in [4.69, 9.17) is 0 Å². The predicted octanol–water partition coefficient (Wildman–Crippen LogP) is 2.11. The summed E-state index contributed by atoms with van der Waals surface area (Å²) in [7, 11) is -3.81.